The number of alkyl halides is 2. The summed E-state index contributed by atoms with van der Waals surface area (Å²) >= 11 is 0. The van der Waals surface area contributed by atoms with Crippen molar-refractivity contribution >= 4 is 0 Å². The van der Waals surface area contributed by atoms with Gasteiger partial charge in [0, 0.05) is 13.0 Å². The summed E-state index contributed by atoms with van der Waals surface area (Å²) in [6, 6.07) is 0. The molecule has 0 N–H and O–H groups in total. The van der Waals surface area contributed by atoms with Crippen LogP contribution in [0.1, 0.15) is 19.8 Å². The predicted molar refractivity (Wildman–Crippen MR) is 40.8 cm³/mol. The predicted octanol–water partition coefficient (Wildman–Crippen LogP) is 1.98. The molecule has 0 bridgehead atoms. The Bertz CT molecular complexity index is 156. The van der Waals surface area contributed by atoms with Crippen LogP contribution in [0.2, 0.25) is 0 Å². The van der Waals surface area contributed by atoms with E-state index in [2.05, 4.69) is 0 Å². The SMILES string of the molecule is CC[C@]1(CN(C)C)CC1(F)F. The number of hydrogen-bond acceptors (Lipinski definition) is 1. The minimum atomic E-state index is -2.40. The van der Waals surface area contributed by atoms with Gasteiger partial charge < -0.3 is 4.90 Å². The second-order valence-electron chi connectivity index (χ2n) is 3.75. The van der Waals surface area contributed by atoms with E-state index in [1.807, 2.05) is 25.9 Å². The van der Waals surface area contributed by atoms with Gasteiger partial charge in [-0.15, -0.1) is 0 Å². The minimum absolute atomic E-state index is 0.0781. The quantitative estimate of drug-likeness (QED) is 0.615. The Morgan fingerprint density at radius 3 is 1.91 bits per heavy atom. The molecule has 0 radical (unpaired) electrons. The molecule has 0 unspecified atom stereocenters. The lowest BCUT2D eigenvalue weighted by Crippen LogP contribution is -2.26. The van der Waals surface area contributed by atoms with Crippen LogP contribution < -0.4 is 0 Å². The highest BCUT2D eigenvalue weighted by Crippen LogP contribution is 2.62. The highest BCUT2D eigenvalue weighted by molar-refractivity contribution is 5.10. The molecule has 1 nitrogen and oxygen atoms in total. The number of hydrogen-bond donors (Lipinski definition) is 0. The Kier molecular flexibility index (Phi) is 1.95. The lowest BCUT2D eigenvalue weighted by atomic mass is 10.0. The van der Waals surface area contributed by atoms with Crippen LogP contribution in [0.3, 0.4) is 0 Å². The first kappa shape index (κ1) is 8.91. The van der Waals surface area contributed by atoms with Crippen LogP contribution in [0.25, 0.3) is 0 Å². The van der Waals surface area contributed by atoms with Crippen molar-refractivity contribution in [2.24, 2.45) is 5.41 Å². The van der Waals surface area contributed by atoms with Crippen LogP contribution in [-0.4, -0.2) is 31.5 Å². The van der Waals surface area contributed by atoms with Crippen LogP contribution >= 0.6 is 0 Å². The third-order valence-electron chi connectivity index (χ3n) is 2.51. The fourth-order valence-corrected chi connectivity index (χ4v) is 1.65. The van der Waals surface area contributed by atoms with E-state index in [1.54, 1.807) is 0 Å². The van der Waals surface area contributed by atoms with E-state index in [9.17, 15) is 8.78 Å². The van der Waals surface area contributed by atoms with Gasteiger partial charge >= 0.3 is 0 Å². The standard InChI is InChI=1S/C8H15F2N/c1-4-7(6-11(2)3)5-8(7,9)10/h4-6H2,1-3H3/t7-/m1/s1. The zero-order chi connectivity index (χ0) is 8.70. The van der Waals surface area contributed by atoms with Crippen molar-refractivity contribution in [3.8, 4) is 0 Å². The summed E-state index contributed by atoms with van der Waals surface area (Å²) in [5.41, 5.74) is -0.698. The average molecular weight is 163 g/mol. The van der Waals surface area contributed by atoms with Crippen LogP contribution in [0.4, 0.5) is 8.78 Å². The fourth-order valence-electron chi connectivity index (χ4n) is 1.65. The van der Waals surface area contributed by atoms with Gasteiger partial charge in [0.25, 0.3) is 5.92 Å². The molecule has 0 amide bonds. The second kappa shape index (κ2) is 2.41. The van der Waals surface area contributed by atoms with Crippen molar-refractivity contribution in [1.82, 2.24) is 4.90 Å². The molecule has 1 fully saturated rings. The van der Waals surface area contributed by atoms with Crippen molar-refractivity contribution in [1.29, 1.82) is 0 Å². The highest BCUT2D eigenvalue weighted by Gasteiger charge is 2.69. The van der Waals surface area contributed by atoms with Gasteiger partial charge in [0.05, 0.1) is 5.41 Å². The highest BCUT2D eigenvalue weighted by atomic mass is 19.3. The van der Waals surface area contributed by atoms with Crippen molar-refractivity contribution in [2.75, 3.05) is 20.6 Å². The first-order valence-electron chi connectivity index (χ1n) is 3.96. The molecule has 0 heterocycles. The monoisotopic (exact) mass is 163 g/mol. The molecule has 1 saturated carbocycles. The van der Waals surface area contributed by atoms with E-state index < -0.39 is 11.3 Å². The molecule has 0 aliphatic heterocycles. The topological polar surface area (TPSA) is 3.24 Å². The van der Waals surface area contributed by atoms with Crippen molar-refractivity contribution in [3.05, 3.63) is 0 Å². The summed E-state index contributed by atoms with van der Waals surface area (Å²) in [7, 11) is 3.68. The summed E-state index contributed by atoms with van der Waals surface area (Å²) in [6.07, 6.45) is 0.660. The maximum atomic E-state index is 12.8. The first-order valence-corrected chi connectivity index (χ1v) is 3.96. The fraction of sp³-hybridized carbons (Fsp3) is 1.00. The molecule has 66 valence electrons. The largest absolute Gasteiger partial charge is 0.309 e. The molecule has 1 atom stereocenters. The molecule has 0 aromatic carbocycles. The van der Waals surface area contributed by atoms with E-state index >= 15 is 0 Å². The number of rotatable bonds is 3. The molecule has 0 aromatic heterocycles. The number of nitrogens with zero attached hydrogens (tertiary/aromatic N) is 1. The first-order chi connectivity index (χ1) is 4.93. The maximum Gasteiger partial charge on any atom is 0.255 e. The van der Waals surface area contributed by atoms with E-state index in [-0.39, 0.29) is 6.42 Å². The molecule has 11 heavy (non-hydrogen) atoms. The number of halogens is 2. The van der Waals surface area contributed by atoms with Crippen LogP contribution in [-0.2, 0) is 0 Å². The van der Waals surface area contributed by atoms with Crippen LogP contribution in [0, 0.1) is 5.41 Å². The van der Waals surface area contributed by atoms with Gasteiger partial charge in [-0.3, -0.25) is 0 Å². The van der Waals surface area contributed by atoms with Gasteiger partial charge in [0.1, 0.15) is 0 Å². The van der Waals surface area contributed by atoms with Crippen LogP contribution in [0.5, 0.6) is 0 Å². The summed E-state index contributed by atoms with van der Waals surface area (Å²) in [5.74, 6) is -2.40. The van der Waals surface area contributed by atoms with Crippen molar-refractivity contribution in [2.45, 2.75) is 25.7 Å². The summed E-state index contributed by atoms with van der Waals surface area (Å²) in [6.45, 7) is 2.35. The van der Waals surface area contributed by atoms with E-state index in [4.69, 9.17) is 0 Å². The normalized spacial score (nSPS) is 34.4. The average Bonchev–Trinajstić information content (AvgIpc) is 2.33. The molecular formula is C8H15F2N. The Balaban J connectivity index is 2.53. The zero-order valence-corrected chi connectivity index (χ0v) is 7.32. The van der Waals surface area contributed by atoms with Gasteiger partial charge in [-0.05, 0) is 20.5 Å². The summed E-state index contributed by atoms with van der Waals surface area (Å²) in [5, 5.41) is 0. The lowest BCUT2D eigenvalue weighted by molar-refractivity contribution is 0.0511. The summed E-state index contributed by atoms with van der Waals surface area (Å²) in [4.78, 5) is 1.84. The van der Waals surface area contributed by atoms with Gasteiger partial charge in [-0.25, -0.2) is 8.78 Å². The van der Waals surface area contributed by atoms with Gasteiger partial charge in [0.15, 0.2) is 0 Å². The summed E-state index contributed by atoms with van der Waals surface area (Å²) < 4.78 is 25.6. The van der Waals surface area contributed by atoms with Crippen molar-refractivity contribution < 1.29 is 8.78 Å². The maximum absolute atomic E-state index is 12.8. The third-order valence-corrected chi connectivity index (χ3v) is 2.51. The van der Waals surface area contributed by atoms with Gasteiger partial charge in [-0.2, -0.15) is 0 Å². The van der Waals surface area contributed by atoms with Gasteiger partial charge in [-0.1, -0.05) is 6.92 Å². The van der Waals surface area contributed by atoms with Crippen LogP contribution in [0.15, 0.2) is 0 Å². The van der Waals surface area contributed by atoms with Gasteiger partial charge in [0.2, 0.25) is 0 Å². The molecule has 1 aliphatic rings. The molecule has 1 rings (SSSR count). The lowest BCUT2D eigenvalue weighted by Gasteiger charge is -2.18. The third kappa shape index (κ3) is 1.39. The molecule has 1 aliphatic carbocycles. The Hall–Kier alpha value is -0.180. The molecule has 3 heteroatoms. The minimum Gasteiger partial charge on any atom is -0.309 e. The Labute approximate surface area is 66.4 Å². The Morgan fingerprint density at radius 2 is 1.82 bits per heavy atom. The van der Waals surface area contributed by atoms with Crippen molar-refractivity contribution in [3.63, 3.8) is 0 Å². The second-order valence-corrected chi connectivity index (χ2v) is 3.75. The smallest absolute Gasteiger partial charge is 0.255 e. The van der Waals surface area contributed by atoms with E-state index in [0.29, 0.717) is 13.0 Å². The van der Waals surface area contributed by atoms with E-state index in [0.717, 1.165) is 0 Å². The molecule has 0 saturated heterocycles. The zero-order valence-electron chi connectivity index (χ0n) is 7.32. The molecule has 0 spiro atoms. The molecule has 0 aromatic rings. The molecular weight excluding hydrogens is 148 g/mol. The van der Waals surface area contributed by atoms with E-state index in [1.165, 1.54) is 0 Å². The Morgan fingerprint density at radius 1 is 1.36 bits per heavy atom.